The van der Waals surface area contributed by atoms with Gasteiger partial charge in [-0.2, -0.15) is 0 Å². The Hall–Kier alpha value is -1.68. The minimum atomic E-state index is -0.105. The first-order chi connectivity index (χ1) is 7.63. The molecule has 0 saturated carbocycles. The maximum Gasteiger partial charge on any atom is 0.205 e. The van der Waals surface area contributed by atoms with Crippen molar-refractivity contribution in [1.82, 2.24) is 9.88 Å². The maximum atomic E-state index is 11.7. The second-order valence-electron chi connectivity index (χ2n) is 3.63. The van der Waals surface area contributed by atoms with Gasteiger partial charge in [-0.25, -0.2) is 0 Å². The van der Waals surface area contributed by atoms with Crippen molar-refractivity contribution in [3.8, 4) is 0 Å². The minimum Gasteiger partial charge on any atom is -0.383 e. The summed E-state index contributed by atoms with van der Waals surface area (Å²) in [6.45, 7) is 0.486. The van der Waals surface area contributed by atoms with Crippen molar-refractivity contribution in [1.29, 1.82) is 0 Å². The van der Waals surface area contributed by atoms with Crippen LogP contribution in [0.1, 0.15) is 16.1 Å². The number of pyridine rings is 1. The van der Waals surface area contributed by atoms with Crippen molar-refractivity contribution in [2.24, 2.45) is 0 Å². The van der Waals surface area contributed by atoms with Crippen molar-refractivity contribution in [2.45, 2.75) is 6.61 Å². The molecule has 1 aromatic rings. The van der Waals surface area contributed by atoms with E-state index in [9.17, 15) is 4.79 Å². The molecular formula is C12H16N2O2. The van der Waals surface area contributed by atoms with E-state index in [4.69, 9.17) is 4.74 Å². The van der Waals surface area contributed by atoms with Crippen molar-refractivity contribution >= 4 is 5.78 Å². The molecule has 0 aliphatic rings. The number of ketones is 1. The van der Waals surface area contributed by atoms with Crippen LogP contribution in [0.2, 0.25) is 0 Å². The van der Waals surface area contributed by atoms with Gasteiger partial charge < -0.3 is 9.64 Å². The van der Waals surface area contributed by atoms with E-state index in [2.05, 4.69) is 4.98 Å². The van der Waals surface area contributed by atoms with Crippen molar-refractivity contribution in [2.75, 3.05) is 21.2 Å². The van der Waals surface area contributed by atoms with E-state index in [1.165, 1.54) is 6.08 Å². The molecule has 1 heterocycles. The number of hydrogen-bond donors (Lipinski definition) is 0. The van der Waals surface area contributed by atoms with Crippen LogP contribution in [-0.4, -0.2) is 36.9 Å². The quantitative estimate of drug-likeness (QED) is 0.557. The van der Waals surface area contributed by atoms with Gasteiger partial charge in [0.2, 0.25) is 5.78 Å². The molecular weight excluding hydrogens is 204 g/mol. The lowest BCUT2D eigenvalue weighted by Crippen LogP contribution is -2.04. The highest BCUT2D eigenvalue weighted by atomic mass is 16.5. The molecule has 86 valence electrons. The number of carbonyl (C=O) groups excluding carboxylic acids is 1. The molecule has 0 aliphatic heterocycles. The fraction of sp³-hybridized carbons (Fsp3) is 0.333. The minimum absolute atomic E-state index is 0.105. The highest BCUT2D eigenvalue weighted by Crippen LogP contribution is 2.04. The number of carbonyl (C=O) groups is 1. The van der Waals surface area contributed by atoms with Crippen LogP contribution in [0.25, 0.3) is 0 Å². The lowest BCUT2D eigenvalue weighted by atomic mass is 10.2. The highest BCUT2D eigenvalue weighted by molar-refractivity contribution is 6.02. The molecule has 1 rings (SSSR count). The fourth-order valence-electron chi connectivity index (χ4n) is 1.17. The van der Waals surface area contributed by atoms with E-state index in [0.717, 1.165) is 5.56 Å². The molecule has 0 spiro atoms. The van der Waals surface area contributed by atoms with Gasteiger partial charge >= 0.3 is 0 Å². The zero-order chi connectivity index (χ0) is 12.0. The fourth-order valence-corrected chi connectivity index (χ4v) is 1.17. The predicted octanol–water partition coefficient (Wildman–Crippen LogP) is 1.49. The summed E-state index contributed by atoms with van der Waals surface area (Å²) >= 11 is 0. The summed E-state index contributed by atoms with van der Waals surface area (Å²) in [5.74, 6) is -0.105. The molecule has 0 amide bonds. The summed E-state index contributed by atoms with van der Waals surface area (Å²) in [7, 11) is 5.34. The lowest BCUT2D eigenvalue weighted by Gasteiger charge is -2.03. The van der Waals surface area contributed by atoms with Crippen LogP contribution in [0.3, 0.4) is 0 Å². The first-order valence-corrected chi connectivity index (χ1v) is 4.96. The number of rotatable bonds is 5. The summed E-state index contributed by atoms with van der Waals surface area (Å²) in [4.78, 5) is 17.5. The van der Waals surface area contributed by atoms with Gasteiger partial charge in [0.1, 0.15) is 5.69 Å². The predicted molar refractivity (Wildman–Crippen MR) is 62.1 cm³/mol. The molecule has 0 fully saturated rings. The molecule has 1 aromatic heterocycles. The van der Waals surface area contributed by atoms with Gasteiger partial charge in [-0.15, -0.1) is 0 Å². The van der Waals surface area contributed by atoms with Crippen LogP contribution in [0.15, 0.2) is 30.6 Å². The van der Waals surface area contributed by atoms with Gasteiger partial charge in [0, 0.05) is 39.7 Å². The maximum absolute atomic E-state index is 11.7. The lowest BCUT2D eigenvalue weighted by molar-refractivity contribution is 0.104. The average molecular weight is 220 g/mol. The molecule has 0 aliphatic carbocycles. The topological polar surface area (TPSA) is 42.4 Å². The molecule has 16 heavy (non-hydrogen) atoms. The Kier molecular flexibility index (Phi) is 4.66. The summed E-state index contributed by atoms with van der Waals surface area (Å²) in [6.07, 6.45) is 4.82. The van der Waals surface area contributed by atoms with Crippen LogP contribution < -0.4 is 0 Å². The van der Waals surface area contributed by atoms with Gasteiger partial charge in [0.25, 0.3) is 0 Å². The Labute approximate surface area is 95.6 Å². The zero-order valence-corrected chi connectivity index (χ0v) is 9.80. The van der Waals surface area contributed by atoms with E-state index in [0.29, 0.717) is 12.3 Å². The number of ether oxygens (including phenoxy) is 1. The Morgan fingerprint density at radius 1 is 1.56 bits per heavy atom. The molecule has 0 N–H and O–H groups in total. The first-order valence-electron chi connectivity index (χ1n) is 4.96. The Morgan fingerprint density at radius 3 is 2.94 bits per heavy atom. The third kappa shape index (κ3) is 3.82. The molecule has 4 nitrogen and oxygen atoms in total. The molecule has 0 aromatic carbocycles. The van der Waals surface area contributed by atoms with E-state index in [1.54, 1.807) is 30.5 Å². The molecule has 0 atom stereocenters. The summed E-state index contributed by atoms with van der Waals surface area (Å²) in [6, 6.07) is 3.57. The normalized spacial score (nSPS) is 10.7. The van der Waals surface area contributed by atoms with Crippen LogP contribution >= 0.6 is 0 Å². The molecule has 0 radical (unpaired) electrons. The number of nitrogens with zero attached hydrogens (tertiary/aromatic N) is 2. The summed E-state index contributed by atoms with van der Waals surface area (Å²) < 4.78 is 5.00. The number of hydrogen-bond acceptors (Lipinski definition) is 4. The van der Waals surface area contributed by atoms with Crippen molar-refractivity contribution in [3.05, 3.63) is 41.9 Å². The SMILES string of the molecule is COCc1ccnc(C(=O)C=CN(C)C)c1. The van der Waals surface area contributed by atoms with Crippen LogP contribution in [0.5, 0.6) is 0 Å². The smallest absolute Gasteiger partial charge is 0.205 e. The van der Waals surface area contributed by atoms with Gasteiger partial charge in [-0.05, 0) is 17.7 Å². The van der Waals surface area contributed by atoms with Gasteiger partial charge in [0.05, 0.1) is 6.61 Å². The number of allylic oxidation sites excluding steroid dienone is 1. The Morgan fingerprint density at radius 2 is 2.31 bits per heavy atom. The highest BCUT2D eigenvalue weighted by Gasteiger charge is 2.04. The molecule has 4 heteroatoms. The second kappa shape index (κ2) is 6.02. The monoisotopic (exact) mass is 220 g/mol. The standard InChI is InChI=1S/C12H16N2O2/c1-14(2)7-5-12(15)11-8-10(9-16-3)4-6-13-11/h4-8H,9H2,1-3H3. The third-order valence-corrected chi connectivity index (χ3v) is 1.91. The first kappa shape index (κ1) is 12.4. The van der Waals surface area contributed by atoms with E-state index >= 15 is 0 Å². The summed E-state index contributed by atoms with van der Waals surface area (Å²) in [5, 5.41) is 0. The van der Waals surface area contributed by atoms with Crippen LogP contribution in [-0.2, 0) is 11.3 Å². The van der Waals surface area contributed by atoms with E-state index in [1.807, 2.05) is 20.2 Å². The molecule has 0 bridgehead atoms. The third-order valence-electron chi connectivity index (χ3n) is 1.91. The van der Waals surface area contributed by atoms with Crippen LogP contribution in [0, 0.1) is 0 Å². The molecule has 0 unspecified atom stereocenters. The van der Waals surface area contributed by atoms with E-state index < -0.39 is 0 Å². The van der Waals surface area contributed by atoms with Gasteiger partial charge in [0.15, 0.2) is 0 Å². The zero-order valence-electron chi connectivity index (χ0n) is 9.80. The Bertz CT molecular complexity index is 386. The number of methoxy groups -OCH3 is 1. The largest absolute Gasteiger partial charge is 0.383 e. The van der Waals surface area contributed by atoms with Crippen molar-refractivity contribution < 1.29 is 9.53 Å². The van der Waals surface area contributed by atoms with Crippen molar-refractivity contribution in [3.63, 3.8) is 0 Å². The average Bonchev–Trinajstić information content (AvgIpc) is 2.26. The Balaban J connectivity index is 2.79. The summed E-state index contributed by atoms with van der Waals surface area (Å²) in [5.41, 5.74) is 1.38. The second-order valence-corrected chi connectivity index (χ2v) is 3.63. The van der Waals surface area contributed by atoms with Gasteiger partial charge in [-0.3, -0.25) is 9.78 Å². The van der Waals surface area contributed by atoms with Crippen LogP contribution in [0.4, 0.5) is 0 Å². The van der Waals surface area contributed by atoms with E-state index in [-0.39, 0.29) is 5.78 Å². The molecule has 0 saturated heterocycles. The number of aromatic nitrogens is 1. The van der Waals surface area contributed by atoms with Gasteiger partial charge in [-0.1, -0.05) is 0 Å².